The SMILES string of the molecule is COc1cc(NC(=O)NCC(O)c2cccn2C)cc(OC)c1OC. The number of aryl methyl sites for hydroxylation is 1. The molecule has 0 radical (unpaired) electrons. The number of hydrogen-bond donors (Lipinski definition) is 3. The van der Waals surface area contributed by atoms with Crippen molar-refractivity contribution in [3.05, 3.63) is 36.2 Å². The Morgan fingerprint density at radius 2 is 1.84 bits per heavy atom. The molecule has 8 nitrogen and oxygen atoms in total. The van der Waals surface area contributed by atoms with Crippen molar-refractivity contribution < 1.29 is 24.1 Å². The Bertz CT molecular complexity index is 704. The topological polar surface area (TPSA) is 94.0 Å². The first-order valence-electron chi connectivity index (χ1n) is 7.64. The molecule has 2 aromatic rings. The number of nitrogens with zero attached hydrogens (tertiary/aromatic N) is 1. The number of aliphatic hydroxyl groups excluding tert-OH is 1. The van der Waals surface area contributed by atoms with Crippen LogP contribution in [0, 0.1) is 0 Å². The van der Waals surface area contributed by atoms with Gasteiger partial charge in [0, 0.05) is 31.1 Å². The van der Waals surface area contributed by atoms with Gasteiger partial charge in [0.1, 0.15) is 6.10 Å². The van der Waals surface area contributed by atoms with E-state index in [4.69, 9.17) is 14.2 Å². The van der Waals surface area contributed by atoms with Crippen molar-refractivity contribution in [2.75, 3.05) is 33.2 Å². The zero-order valence-corrected chi connectivity index (χ0v) is 14.7. The third-order valence-corrected chi connectivity index (χ3v) is 3.70. The third-order valence-electron chi connectivity index (χ3n) is 3.70. The van der Waals surface area contributed by atoms with Crippen LogP contribution in [0.1, 0.15) is 11.8 Å². The van der Waals surface area contributed by atoms with E-state index in [9.17, 15) is 9.90 Å². The van der Waals surface area contributed by atoms with Gasteiger partial charge in [0.05, 0.1) is 33.6 Å². The van der Waals surface area contributed by atoms with Crippen molar-refractivity contribution in [1.82, 2.24) is 9.88 Å². The molecule has 1 atom stereocenters. The summed E-state index contributed by atoms with van der Waals surface area (Å²) in [5.74, 6) is 1.30. The standard InChI is InChI=1S/C17H23N3O5/c1-20-7-5-6-12(20)13(21)10-18-17(22)19-11-8-14(23-2)16(25-4)15(9-11)24-3/h5-9,13,21H,10H2,1-4H3,(H2,18,19,22). The van der Waals surface area contributed by atoms with Crippen LogP contribution in [-0.2, 0) is 7.05 Å². The molecule has 0 aliphatic heterocycles. The zero-order valence-electron chi connectivity index (χ0n) is 14.7. The number of rotatable bonds is 7. The molecule has 0 spiro atoms. The summed E-state index contributed by atoms with van der Waals surface area (Å²) in [4.78, 5) is 12.1. The molecule has 0 saturated carbocycles. The van der Waals surface area contributed by atoms with E-state index in [2.05, 4.69) is 10.6 Å². The molecule has 2 amide bonds. The number of carbonyl (C=O) groups excluding carboxylic acids is 1. The van der Waals surface area contributed by atoms with Gasteiger partial charge >= 0.3 is 6.03 Å². The molecule has 0 fully saturated rings. The highest BCUT2D eigenvalue weighted by molar-refractivity contribution is 5.90. The molecule has 2 rings (SSSR count). The summed E-state index contributed by atoms with van der Waals surface area (Å²) in [7, 11) is 6.33. The summed E-state index contributed by atoms with van der Waals surface area (Å²) in [6, 6.07) is 6.41. The summed E-state index contributed by atoms with van der Waals surface area (Å²) in [5.41, 5.74) is 1.19. The fourth-order valence-corrected chi connectivity index (χ4v) is 2.44. The number of carbonyl (C=O) groups is 1. The monoisotopic (exact) mass is 349 g/mol. The van der Waals surface area contributed by atoms with Gasteiger partial charge in [-0.3, -0.25) is 0 Å². The third kappa shape index (κ3) is 4.36. The largest absolute Gasteiger partial charge is 0.493 e. The van der Waals surface area contributed by atoms with Crippen LogP contribution in [0.4, 0.5) is 10.5 Å². The molecule has 136 valence electrons. The Hall–Kier alpha value is -2.87. The van der Waals surface area contributed by atoms with Gasteiger partial charge in [-0.1, -0.05) is 0 Å². The fraction of sp³-hybridized carbons (Fsp3) is 0.353. The van der Waals surface area contributed by atoms with Crippen molar-refractivity contribution in [1.29, 1.82) is 0 Å². The van der Waals surface area contributed by atoms with Gasteiger partial charge in [-0.15, -0.1) is 0 Å². The zero-order chi connectivity index (χ0) is 18.4. The maximum atomic E-state index is 12.1. The number of aliphatic hydroxyl groups is 1. The minimum absolute atomic E-state index is 0.0775. The number of hydrogen-bond acceptors (Lipinski definition) is 5. The summed E-state index contributed by atoms with van der Waals surface area (Å²) < 4.78 is 17.5. The molecule has 1 unspecified atom stereocenters. The van der Waals surface area contributed by atoms with E-state index in [0.29, 0.717) is 28.6 Å². The van der Waals surface area contributed by atoms with E-state index < -0.39 is 12.1 Å². The van der Waals surface area contributed by atoms with E-state index in [1.165, 1.54) is 21.3 Å². The first-order valence-corrected chi connectivity index (χ1v) is 7.64. The number of amides is 2. The molecule has 0 aliphatic carbocycles. The first-order chi connectivity index (χ1) is 12.0. The Kier molecular flexibility index (Phi) is 6.13. The van der Waals surface area contributed by atoms with Crippen LogP contribution in [0.5, 0.6) is 17.2 Å². The van der Waals surface area contributed by atoms with Crippen LogP contribution in [0.3, 0.4) is 0 Å². The predicted molar refractivity (Wildman–Crippen MR) is 93.5 cm³/mol. The number of ether oxygens (including phenoxy) is 3. The fourth-order valence-electron chi connectivity index (χ4n) is 2.44. The van der Waals surface area contributed by atoms with Crippen molar-refractivity contribution in [2.45, 2.75) is 6.10 Å². The van der Waals surface area contributed by atoms with E-state index in [1.807, 2.05) is 19.3 Å². The normalized spacial score (nSPS) is 11.6. The lowest BCUT2D eigenvalue weighted by atomic mass is 10.2. The molecule has 0 saturated heterocycles. The lowest BCUT2D eigenvalue weighted by Gasteiger charge is -2.16. The summed E-state index contributed by atoms with van der Waals surface area (Å²) >= 11 is 0. The smallest absolute Gasteiger partial charge is 0.319 e. The second-order valence-corrected chi connectivity index (χ2v) is 5.31. The molecule has 1 heterocycles. The average Bonchev–Trinajstić information content (AvgIpc) is 3.04. The predicted octanol–water partition coefficient (Wildman–Crippen LogP) is 1.91. The van der Waals surface area contributed by atoms with Crippen LogP contribution in [-0.4, -0.2) is 43.6 Å². The molecule has 3 N–H and O–H groups in total. The number of benzene rings is 1. The lowest BCUT2D eigenvalue weighted by molar-refractivity contribution is 0.167. The van der Waals surface area contributed by atoms with Crippen LogP contribution < -0.4 is 24.8 Å². The second-order valence-electron chi connectivity index (χ2n) is 5.31. The van der Waals surface area contributed by atoms with Gasteiger partial charge in [0.25, 0.3) is 0 Å². The number of urea groups is 1. The molecular formula is C17H23N3O5. The van der Waals surface area contributed by atoms with Crippen molar-refractivity contribution in [3.8, 4) is 17.2 Å². The average molecular weight is 349 g/mol. The van der Waals surface area contributed by atoms with Crippen molar-refractivity contribution in [2.24, 2.45) is 7.05 Å². The van der Waals surface area contributed by atoms with Gasteiger partial charge in [0.2, 0.25) is 5.75 Å². The summed E-state index contributed by atoms with van der Waals surface area (Å²) in [6.07, 6.45) is 1.03. The molecule has 1 aromatic carbocycles. The molecule has 8 heteroatoms. The quantitative estimate of drug-likeness (QED) is 0.710. The maximum Gasteiger partial charge on any atom is 0.319 e. The van der Waals surface area contributed by atoms with Crippen LogP contribution in [0.15, 0.2) is 30.5 Å². The van der Waals surface area contributed by atoms with Gasteiger partial charge < -0.3 is 34.5 Å². The van der Waals surface area contributed by atoms with E-state index in [-0.39, 0.29) is 6.54 Å². The Morgan fingerprint density at radius 1 is 1.20 bits per heavy atom. The number of methoxy groups -OCH3 is 3. The van der Waals surface area contributed by atoms with E-state index >= 15 is 0 Å². The van der Waals surface area contributed by atoms with Gasteiger partial charge in [-0.05, 0) is 12.1 Å². The summed E-state index contributed by atoms with van der Waals surface area (Å²) in [6.45, 7) is 0.0775. The Balaban J connectivity index is 2.01. The molecular weight excluding hydrogens is 326 g/mol. The van der Waals surface area contributed by atoms with Crippen LogP contribution in [0.2, 0.25) is 0 Å². The highest BCUT2D eigenvalue weighted by Crippen LogP contribution is 2.39. The second kappa shape index (κ2) is 8.29. The highest BCUT2D eigenvalue weighted by Gasteiger charge is 2.15. The minimum Gasteiger partial charge on any atom is -0.493 e. The molecule has 0 bridgehead atoms. The first kappa shape index (κ1) is 18.5. The van der Waals surface area contributed by atoms with E-state index in [1.54, 1.807) is 22.8 Å². The minimum atomic E-state index is -0.800. The van der Waals surface area contributed by atoms with Crippen molar-refractivity contribution in [3.63, 3.8) is 0 Å². The molecule has 25 heavy (non-hydrogen) atoms. The van der Waals surface area contributed by atoms with Crippen LogP contribution in [0.25, 0.3) is 0 Å². The van der Waals surface area contributed by atoms with Gasteiger partial charge in [0.15, 0.2) is 11.5 Å². The Morgan fingerprint density at radius 3 is 2.32 bits per heavy atom. The van der Waals surface area contributed by atoms with Gasteiger partial charge in [-0.2, -0.15) is 0 Å². The van der Waals surface area contributed by atoms with E-state index in [0.717, 1.165) is 0 Å². The molecule has 1 aromatic heterocycles. The van der Waals surface area contributed by atoms with Crippen molar-refractivity contribution >= 4 is 11.7 Å². The molecule has 0 aliphatic rings. The highest BCUT2D eigenvalue weighted by atomic mass is 16.5. The lowest BCUT2D eigenvalue weighted by Crippen LogP contribution is -2.32. The number of aromatic nitrogens is 1. The maximum absolute atomic E-state index is 12.1. The number of anilines is 1. The Labute approximate surface area is 146 Å². The summed E-state index contributed by atoms with van der Waals surface area (Å²) in [5, 5.41) is 15.4. The number of nitrogens with one attached hydrogen (secondary N) is 2. The van der Waals surface area contributed by atoms with Crippen LogP contribution >= 0.6 is 0 Å². The van der Waals surface area contributed by atoms with Gasteiger partial charge in [-0.25, -0.2) is 4.79 Å².